The molecule has 28 heavy (non-hydrogen) atoms. The van der Waals surface area contributed by atoms with Crippen molar-refractivity contribution in [1.29, 1.82) is 0 Å². The van der Waals surface area contributed by atoms with Gasteiger partial charge in [0.1, 0.15) is 16.5 Å². The molecule has 0 spiro atoms. The summed E-state index contributed by atoms with van der Waals surface area (Å²) >= 11 is 5.98. The molecule has 2 rings (SSSR count). The van der Waals surface area contributed by atoms with E-state index in [2.05, 4.69) is 4.72 Å². The lowest BCUT2D eigenvalue weighted by atomic mass is 10.2. The summed E-state index contributed by atoms with van der Waals surface area (Å²) in [4.78, 5) is 13.6. The minimum atomic E-state index is -3.73. The number of halogens is 2. The molecule has 0 aliphatic rings. The Labute approximate surface area is 168 Å². The number of hydrogen-bond donors (Lipinski definition) is 1. The third-order valence-corrected chi connectivity index (χ3v) is 5.79. The van der Waals surface area contributed by atoms with Crippen molar-refractivity contribution in [2.45, 2.75) is 11.4 Å². The predicted octanol–water partition coefficient (Wildman–Crippen LogP) is 3.07. The maximum absolute atomic E-state index is 13.9. The highest BCUT2D eigenvalue weighted by Crippen LogP contribution is 2.25. The fourth-order valence-corrected chi connectivity index (χ4v) is 3.56. The van der Waals surface area contributed by atoms with Crippen molar-refractivity contribution >= 4 is 33.6 Å². The summed E-state index contributed by atoms with van der Waals surface area (Å²) in [5.74, 6) is -0.703. The molecule has 1 N–H and O–H groups in total. The largest absolute Gasteiger partial charge is 0.495 e. The minimum absolute atomic E-state index is 0.00330. The lowest BCUT2D eigenvalue weighted by Gasteiger charge is -2.16. The van der Waals surface area contributed by atoms with Crippen molar-refractivity contribution in [3.8, 4) is 5.75 Å². The van der Waals surface area contributed by atoms with E-state index in [0.29, 0.717) is 5.56 Å². The first-order valence-electron chi connectivity index (χ1n) is 8.17. The van der Waals surface area contributed by atoms with Crippen LogP contribution in [0.15, 0.2) is 47.4 Å². The molecule has 6 nitrogen and oxygen atoms in total. The topological polar surface area (TPSA) is 75.7 Å². The highest BCUT2D eigenvalue weighted by Gasteiger charge is 2.18. The van der Waals surface area contributed by atoms with Crippen LogP contribution >= 0.6 is 11.6 Å². The van der Waals surface area contributed by atoms with Gasteiger partial charge < -0.3 is 9.64 Å². The quantitative estimate of drug-likeness (QED) is 0.690. The molecule has 0 radical (unpaired) electrons. The second kappa shape index (κ2) is 9.18. The fourth-order valence-electron chi connectivity index (χ4n) is 2.41. The second-order valence-electron chi connectivity index (χ2n) is 5.85. The Morgan fingerprint density at radius 2 is 2.04 bits per heavy atom. The van der Waals surface area contributed by atoms with Crippen LogP contribution in [0.25, 0.3) is 6.08 Å². The molecule has 0 unspecified atom stereocenters. The van der Waals surface area contributed by atoms with Crippen LogP contribution in [0.4, 0.5) is 4.39 Å². The van der Waals surface area contributed by atoms with Crippen LogP contribution in [-0.4, -0.2) is 40.4 Å². The number of sulfonamides is 1. The second-order valence-corrected chi connectivity index (χ2v) is 8.11. The number of carbonyl (C=O) groups is 1. The number of methoxy groups -OCH3 is 1. The van der Waals surface area contributed by atoms with Crippen LogP contribution < -0.4 is 9.46 Å². The molecule has 0 fully saturated rings. The van der Waals surface area contributed by atoms with Crippen molar-refractivity contribution in [3.05, 3.63) is 64.4 Å². The fraction of sp³-hybridized carbons (Fsp3) is 0.211. The summed E-state index contributed by atoms with van der Waals surface area (Å²) in [5, 5.41) is 0.237. The number of amides is 1. The van der Waals surface area contributed by atoms with Gasteiger partial charge in [-0.05, 0) is 43.0 Å². The van der Waals surface area contributed by atoms with Crippen LogP contribution in [0.5, 0.6) is 5.75 Å². The average molecular weight is 427 g/mol. The minimum Gasteiger partial charge on any atom is -0.495 e. The van der Waals surface area contributed by atoms with E-state index in [1.54, 1.807) is 12.1 Å². The van der Waals surface area contributed by atoms with Gasteiger partial charge >= 0.3 is 0 Å². The summed E-state index contributed by atoms with van der Waals surface area (Å²) in [6.07, 6.45) is 2.74. The SMILES string of the molecule is CNS(=O)(=O)c1cc(/C=C/C(=O)N(C)Cc2c(F)cccc2Cl)ccc1OC. The Bertz CT molecular complexity index is 989. The molecule has 150 valence electrons. The zero-order valence-electron chi connectivity index (χ0n) is 15.6. The van der Waals surface area contributed by atoms with Gasteiger partial charge in [-0.25, -0.2) is 17.5 Å². The van der Waals surface area contributed by atoms with Crippen LogP contribution in [0.1, 0.15) is 11.1 Å². The number of nitrogens with zero attached hydrogens (tertiary/aromatic N) is 1. The van der Waals surface area contributed by atoms with E-state index in [1.807, 2.05) is 0 Å². The summed E-state index contributed by atoms with van der Waals surface area (Å²) in [7, 11) is 0.447. The van der Waals surface area contributed by atoms with Crippen LogP contribution in [0.2, 0.25) is 5.02 Å². The monoisotopic (exact) mass is 426 g/mol. The molecule has 1 amide bonds. The van der Waals surface area contributed by atoms with E-state index in [1.165, 1.54) is 62.5 Å². The lowest BCUT2D eigenvalue weighted by Crippen LogP contribution is -2.24. The molecular weight excluding hydrogens is 407 g/mol. The number of nitrogens with one attached hydrogen (secondary N) is 1. The molecule has 0 atom stereocenters. The average Bonchev–Trinajstić information content (AvgIpc) is 2.68. The number of likely N-dealkylation sites (N-methyl/N-ethyl adjacent to an activating group) is 1. The Balaban J connectivity index is 2.21. The first-order valence-corrected chi connectivity index (χ1v) is 10.0. The summed E-state index contributed by atoms with van der Waals surface area (Å²) in [5.41, 5.74) is 0.709. The Morgan fingerprint density at radius 3 is 2.64 bits per heavy atom. The van der Waals surface area contributed by atoms with Gasteiger partial charge in [-0.15, -0.1) is 0 Å². The lowest BCUT2D eigenvalue weighted by molar-refractivity contribution is -0.125. The molecule has 0 saturated carbocycles. The van der Waals surface area contributed by atoms with Crippen molar-refractivity contribution < 1.29 is 22.3 Å². The van der Waals surface area contributed by atoms with E-state index in [-0.39, 0.29) is 27.8 Å². The normalized spacial score (nSPS) is 11.6. The predicted molar refractivity (Wildman–Crippen MR) is 106 cm³/mol. The van der Waals surface area contributed by atoms with Gasteiger partial charge in [-0.1, -0.05) is 23.7 Å². The van der Waals surface area contributed by atoms with Crippen molar-refractivity contribution in [3.63, 3.8) is 0 Å². The van der Waals surface area contributed by atoms with Gasteiger partial charge in [0.15, 0.2) is 0 Å². The zero-order valence-corrected chi connectivity index (χ0v) is 17.1. The molecule has 0 heterocycles. The zero-order chi connectivity index (χ0) is 20.9. The third-order valence-electron chi connectivity index (χ3n) is 4.00. The van der Waals surface area contributed by atoms with Crippen LogP contribution in [0.3, 0.4) is 0 Å². The number of hydrogen-bond acceptors (Lipinski definition) is 4. The van der Waals surface area contributed by atoms with Gasteiger partial charge in [0.2, 0.25) is 15.9 Å². The first-order chi connectivity index (χ1) is 13.2. The van der Waals surface area contributed by atoms with Gasteiger partial charge in [0, 0.05) is 30.3 Å². The molecule has 0 aromatic heterocycles. The Morgan fingerprint density at radius 1 is 1.32 bits per heavy atom. The summed E-state index contributed by atoms with van der Waals surface area (Å²) in [6.45, 7) is -0.00330. The molecule has 0 aliphatic carbocycles. The highest BCUT2D eigenvalue weighted by atomic mass is 35.5. The third kappa shape index (κ3) is 5.09. The van der Waals surface area contributed by atoms with E-state index in [9.17, 15) is 17.6 Å². The maximum atomic E-state index is 13.9. The molecule has 2 aromatic carbocycles. The maximum Gasteiger partial charge on any atom is 0.246 e. The molecule has 0 saturated heterocycles. The molecule has 0 aliphatic heterocycles. The number of ether oxygens (including phenoxy) is 1. The van der Waals surface area contributed by atoms with Gasteiger partial charge in [-0.3, -0.25) is 4.79 Å². The number of rotatable bonds is 7. The van der Waals surface area contributed by atoms with E-state index >= 15 is 0 Å². The Hall–Kier alpha value is -2.42. The number of benzene rings is 2. The van der Waals surface area contributed by atoms with E-state index < -0.39 is 21.7 Å². The standard InChI is InChI=1S/C19H20ClFN2O4S/c1-22-28(25,26)18-11-13(7-9-17(18)27-3)8-10-19(24)23(2)12-14-15(20)5-4-6-16(14)21/h4-11,22H,12H2,1-3H3/b10-8+. The van der Waals surface area contributed by atoms with Crippen LogP contribution in [0, 0.1) is 5.82 Å². The van der Waals surface area contributed by atoms with Crippen molar-refractivity contribution in [1.82, 2.24) is 9.62 Å². The molecular formula is C19H20ClFN2O4S. The highest BCUT2D eigenvalue weighted by molar-refractivity contribution is 7.89. The molecule has 2 aromatic rings. The number of carbonyl (C=O) groups excluding carboxylic acids is 1. The van der Waals surface area contributed by atoms with Gasteiger partial charge in [-0.2, -0.15) is 0 Å². The molecule has 9 heteroatoms. The Kier molecular flexibility index (Phi) is 7.17. The van der Waals surface area contributed by atoms with E-state index in [0.717, 1.165) is 0 Å². The van der Waals surface area contributed by atoms with Crippen LogP contribution in [-0.2, 0) is 21.4 Å². The first kappa shape index (κ1) is 21.9. The summed E-state index contributed by atoms with van der Waals surface area (Å²) in [6, 6.07) is 8.82. The molecule has 0 bridgehead atoms. The van der Waals surface area contributed by atoms with Gasteiger partial charge in [0.25, 0.3) is 0 Å². The smallest absolute Gasteiger partial charge is 0.246 e. The van der Waals surface area contributed by atoms with E-state index in [4.69, 9.17) is 16.3 Å². The van der Waals surface area contributed by atoms with Crippen molar-refractivity contribution in [2.24, 2.45) is 0 Å². The summed E-state index contributed by atoms with van der Waals surface area (Å²) < 4.78 is 45.4. The van der Waals surface area contributed by atoms with Gasteiger partial charge in [0.05, 0.1) is 7.11 Å². The van der Waals surface area contributed by atoms with Crippen molar-refractivity contribution in [2.75, 3.05) is 21.2 Å².